The van der Waals surface area contributed by atoms with Gasteiger partial charge in [-0.25, -0.2) is 4.98 Å². The molecule has 25 heavy (non-hydrogen) atoms. The van der Waals surface area contributed by atoms with Crippen LogP contribution < -0.4 is 5.32 Å². The Morgan fingerprint density at radius 3 is 2.60 bits per heavy atom. The maximum Gasteiger partial charge on any atom is 0.227 e. The summed E-state index contributed by atoms with van der Waals surface area (Å²) in [4.78, 5) is 21.4. The summed E-state index contributed by atoms with van der Waals surface area (Å²) < 4.78 is 0. The summed E-state index contributed by atoms with van der Waals surface area (Å²) in [6.07, 6.45) is 5.00. The molecule has 1 saturated heterocycles. The number of hydrogen-bond acceptors (Lipinski definition) is 3. The van der Waals surface area contributed by atoms with Crippen molar-refractivity contribution in [3.05, 3.63) is 65.9 Å². The lowest BCUT2D eigenvalue weighted by Crippen LogP contribution is -2.17. The minimum Gasteiger partial charge on any atom is -0.356 e. The summed E-state index contributed by atoms with van der Waals surface area (Å²) in [6, 6.07) is 14.2. The Balaban J connectivity index is 1.63. The predicted octanol–water partition coefficient (Wildman–Crippen LogP) is 3.60. The van der Waals surface area contributed by atoms with E-state index in [-0.39, 0.29) is 17.4 Å². The molecule has 4 nitrogen and oxygen atoms in total. The standard InChI is InChI=1S/C21H21N3O/c1-14-10-12-21(2,24-14)19-5-3-4-18(23-19)16-8-6-15(7-9-16)17-11-13-22-20(17)25/h3-10,12,17H,11,13H2,1-2H3,(H,22,25). The summed E-state index contributed by atoms with van der Waals surface area (Å²) >= 11 is 0. The maximum absolute atomic E-state index is 11.8. The Morgan fingerprint density at radius 2 is 1.96 bits per heavy atom. The topological polar surface area (TPSA) is 54.4 Å². The highest BCUT2D eigenvalue weighted by Crippen LogP contribution is 2.32. The number of pyridine rings is 1. The highest BCUT2D eigenvalue weighted by atomic mass is 16.2. The Labute approximate surface area is 147 Å². The van der Waals surface area contributed by atoms with Crippen molar-refractivity contribution in [3.63, 3.8) is 0 Å². The van der Waals surface area contributed by atoms with Crippen molar-refractivity contribution >= 4 is 11.6 Å². The first-order valence-electron chi connectivity index (χ1n) is 8.66. The predicted molar refractivity (Wildman–Crippen MR) is 99.6 cm³/mol. The van der Waals surface area contributed by atoms with Gasteiger partial charge in [-0.15, -0.1) is 0 Å². The third-order valence-electron chi connectivity index (χ3n) is 4.98. The maximum atomic E-state index is 11.8. The van der Waals surface area contributed by atoms with Crippen LogP contribution in [0.15, 0.2) is 59.6 Å². The van der Waals surface area contributed by atoms with E-state index in [9.17, 15) is 4.79 Å². The average Bonchev–Trinajstić information content (AvgIpc) is 3.21. The number of hydrogen-bond donors (Lipinski definition) is 1. The Bertz CT molecular complexity index is 882. The second kappa shape index (κ2) is 5.96. The molecule has 2 aliphatic heterocycles. The van der Waals surface area contributed by atoms with Gasteiger partial charge >= 0.3 is 0 Å². The van der Waals surface area contributed by atoms with E-state index in [1.165, 1.54) is 0 Å². The third-order valence-corrected chi connectivity index (χ3v) is 4.98. The lowest BCUT2D eigenvalue weighted by molar-refractivity contribution is -0.120. The number of amides is 1. The first kappa shape index (κ1) is 15.8. The minimum atomic E-state index is -0.387. The Hall–Kier alpha value is -2.75. The molecule has 1 N–H and O–H groups in total. The van der Waals surface area contributed by atoms with Gasteiger partial charge in [0.25, 0.3) is 0 Å². The Kier molecular flexibility index (Phi) is 3.75. The van der Waals surface area contributed by atoms with E-state index in [2.05, 4.69) is 18.3 Å². The number of carbonyl (C=O) groups excluding carboxylic acids is 1. The number of benzene rings is 1. The molecule has 2 aliphatic rings. The molecule has 2 atom stereocenters. The van der Waals surface area contributed by atoms with Crippen molar-refractivity contribution in [3.8, 4) is 11.3 Å². The number of aromatic nitrogens is 1. The normalized spacial score (nSPS) is 25.1. The third kappa shape index (κ3) is 2.88. The van der Waals surface area contributed by atoms with E-state index in [1.54, 1.807) is 0 Å². The molecule has 0 saturated carbocycles. The highest BCUT2D eigenvalue weighted by molar-refractivity contribution is 5.95. The number of rotatable bonds is 3. The van der Waals surface area contributed by atoms with Crippen LogP contribution in [0.5, 0.6) is 0 Å². The lowest BCUT2D eigenvalue weighted by Gasteiger charge is -2.19. The summed E-state index contributed by atoms with van der Waals surface area (Å²) in [7, 11) is 0. The van der Waals surface area contributed by atoms with Gasteiger partial charge in [0.05, 0.1) is 17.3 Å². The van der Waals surface area contributed by atoms with Crippen molar-refractivity contribution in [2.75, 3.05) is 6.54 Å². The first-order valence-corrected chi connectivity index (χ1v) is 8.66. The van der Waals surface area contributed by atoms with Crippen molar-refractivity contribution in [1.29, 1.82) is 0 Å². The molecule has 0 spiro atoms. The monoisotopic (exact) mass is 331 g/mol. The molecule has 126 valence electrons. The quantitative estimate of drug-likeness (QED) is 0.934. The number of nitrogens with zero attached hydrogens (tertiary/aromatic N) is 2. The zero-order valence-electron chi connectivity index (χ0n) is 14.5. The largest absolute Gasteiger partial charge is 0.356 e. The van der Waals surface area contributed by atoms with Crippen molar-refractivity contribution in [2.45, 2.75) is 31.7 Å². The SMILES string of the molecule is CC1=NC(C)(c2cccc(-c3ccc(C4CCNC4=O)cc3)n2)C=C1. The van der Waals surface area contributed by atoms with Gasteiger partial charge < -0.3 is 5.32 Å². The summed E-state index contributed by atoms with van der Waals surface area (Å²) in [5.74, 6) is 0.107. The van der Waals surface area contributed by atoms with Crippen LogP contribution in [-0.4, -0.2) is 23.1 Å². The van der Waals surface area contributed by atoms with Crippen LogP contribution >= 0.6 is 0 Å². The first-order chi connectivity index (χ1) is 12.0. The summed E-state index contributed by atoms with van der Waals surface area (Å²) in [5, 5.41) is 2.89. The number of nitrogens with one attached hydrogen (secondary N) is 1. The van der Waals surface area contributed by atoms with Crippen molar-refractivity contribution in [1.82, 2.24) is 10.3 Å². The Morgan fingerprint density at radius 1 is 1.16 bits per heavy atom. The second-order valence-corrected chi connectivity index (χ2v) is 6.90. The zero-order valence-corrected chi connectivity index (χ0v) is 14.5. The van der Waals surface area contributed by atoms with Gasteiger partial charge in [-0.2, -0.15) is 0 Å². The molecule has 0 aliphatic carbocycles. The fraction of sp³-hybridized carbons (Fsp3) is 0.286. The van der Waals surface area contributed by atoms with E-state index in [0.29, 0.717) is 0 Å². The molecule has 4 rings (SSSR count). The number of carbonyl (C=O) groups is 1. The molecule has 2 unspecified atom stereocenters. The molecule has 3 heterocycles. The summed E-state index contributed by atoms with van der Waals surface area (Å²) in [6.45, 7) is 4.85. The van der Waals surface area contributed by atoms with Crippen molar-refractivity contribution in [2.24, 2.45) is 4.99 Å². The molecule has 2 aromatic rings. The smallest absolute Gasteiger partial charge is 0.227 e. The molecule has 4 heteroatoms. The van der Waals surface area contributed by atoms with Gasteiger partial charge in [0.1, 0.15) is 5.54 Å². The molecule has 1 aromatic heterocycles. The van der Waals surface area contributed by atoms with E-state index < -0.39 is 0 Å². The second-order valence-electron chi connectivity index (χ2n) is 6.90. The average molecular weight is 331 g/mol. The van der Waals surface area contributed by atoms with Gasteiger partial charge in [0.2, 0.25) is 5.91 Å². The molecule has 1 amide bonds. The lowest BCUT2D eigenvalue weighted by atomic mass is 9.95. The van der Waals surface area contributed by atoms with E-state index >= 15 is 0 Å². The zero-order chi connectivity index (χ0) is 17.4. The summed E-state index contributed by atoms with van der Waals surface area (Å²) in [5.41, 5.74) is 4.62. The fourth-order valence-electron chi connectivity index (χ4n) is 3.54. The van der Waals surface area contributed by atoms with Gasteiger partial charge in [-0.05, 0) is 50.1 Å². The van der Waals surface area contributed by atoms with Crippen LogP contribution in [0.25, 0.3) is 11.3 Å². The van der Waals surface area contributed by atoms with Crippen LogP contribution in [0.2, 0.25) is 0 Å². The minimum absolute atomic E-state index is 0.0202. The van der Waals surface area contributed by atoms with E-state index in [4.69, 9.17) is 9.98 Å². The highest BCUT2D eigenvalue weighted by Gasteiger charge is 2.28. The molecule has 1 fully saturated rings. The van der Waals surface area contributed by atoms with Gasteiger partial charge in [0.15, 0.2) is 0 Å². The molecule has 0 radical (unpaired) electrons. The van der Waals surface area contributed by atoms with Gasteiger partial charge in [-0.3, -0.25) is 9.79 Å². The van der Waals surface area contributed by atoms with Gasteiger partial charge in [-0.1, -0.05) is 30.3 Å². The van der Waals surface area contributed by atoms with Crippen LogP contribution in [0.1, 0.15) is 37.4 Å². The number of aliphatic imine (C=N–C) groups is 1. The van der Waals surface area contributed by atoms with Gasteiger partial charge in [0, 0.05) is 17.8 Å². The van der Waals surface area contributed by atoms with E-state index in [0.717, 1.165) is 41.2 Å². The van der Waals surface area contributed by atoms with Crippen LogP contribution in [0.3, 0.4) is 0 Å². The van der Waals surface area contributed by atoms with Crippen LogP contribution in [0.4, 0.5) is 0 Å². The molecular formula is C21H21N3O. The molecule has 1 aromatic carbocycles. The fourth-order valence-corrected chi connectivity index (χ4v) is 3.54. The molecular weight excluding hydrogens is 310 g/mol. The van der Waals surface area contributed by atoms with Crippen LogP contribution in [0, 0.1) is 0 Å². The van der Waals surface area contributed by atoms with Crippen LogP contribution in [-0.2, 0) is 10.3 Å². The van der Waals surface area contributed by atoms with E-state index in [1.807, 2.05) is 55.5 Å². The molecule has 0 bridgehead atoms. The van der Waals surface area contributed by atoms with Crippen molar-refractivity contribution < 1.29 is 4.79 Å². The number of allylic oxidation sites excluding steroid dienone is 1.